The average Bonchev–Trinajstić information content (AvgIpc) is 3.15. The predicted octanol–water partition coefficient (Wildman–Crippen LogP) is 2.61. The van der Waals surface area contributed by atoms with Crippen molar-refractivity contribution in [2.45, 2.75) is 32.4 Å². The van der Waals surface area contributed by atoms with Gasteiger partial charge in [0.05, 0.1) is 5.69 Å². The van der Waals surface area contributed by atoms with Crippen molar-refractivity contribution >= 4 is 5.91 Å². The molecule has 0 atom stereocenters. The number of nitrogens with zero attached hydrogens (tertiary/aromatic N) is 5. The van der Waals surface area contributed by atoms with Gasteiger partial charge < -0.3 is 14.5 Å². The number of hydrogen-bond donors (Lipinski definition) is 0. The molecule has 4 rings (SSSR count). The van der Waals surface area contributed by atoms with Crippen LogP contribution < -0.4 is 4.74 Å². The van der Waals surface area contributed by atoms with Crippen LogP contribution in [0.25, 0.3) is 0 Å². The Morgan fingerprint density at radius 1 is 1.06 bits per heavy atom. The molecule has 0 saturated carbocycles. The van der Waals surface area contributed by atoms with Crippen LogP contribution in [0, 0.1) is 0 Å². The summed E-state index contributed by atoms with van der Waals surface area (Å²) in [5.41, 5.74) is 3.34. The van der Waals surface area contributed by atoms with Crippen molar-refractivity contribution in [1.29, 1.82) is 0 Å². The Kier molecular flexibility index (Phi) is 5.94. The predicted molar refractivity (Wildman–Crippen MR) is 107 cm³/mol. The minimum absolute atomic E-state index is 0.0253. The number of aryl methyl sites for hydroxylation is 1. The molecule has 1 amide bonds. The molecule has 3 heterocycles. The fourth-order valence-electron chi connectivity index (χ4n) is 4.20. The van der Waals surface area contributed by atoms with E-state index in [1.165, 1.54) is 12.1 Å². The molecule has 168 valence electrons. The number of ether oxygens (including phenoxy) is 1. The van der Waals surface area contributed by atoms with Gasteiger partial charge in [-0.25, -0.2) is 0 Å². The number of rotatable bonds is 4. The number of carbonyl (C=O) groups is 1. The summed E-state index contributed by atoms with van der Waals surface area (Å²) in [5, 5.41) is 4.51. The zero-order chi connectivity index (χ0) is 22.2. The second kappa shape index (κ2) is 8.51. The minimum Gasteiger partial charge on any atom is -0.406 e. The van der Waals surface area contributed by atoms with Crippen molar-refractivity contribution in [3.63, 3.8) is 0 Å². The molecule has 0 unspecified atom stereocenters. The van der Waals surface area contributed by atoms with E-state index in [0.717, 1.165) is 42.9 Å². The van der Waals surface area contributed by atoms with E-state index in [4.69, 9.17) is 0 Å². The third-order valence-electron chi connectivity index (χ3n) is 5.80. The Balaban J connectivity index is 1.43. The Hall–Kier alpha value is -2.59. The number of amides is 1. The molecule has 10 heteroatoms. The lowest BCUT2D eigenvalue weighted by molar-refractivity contribution is -0.274. The summed E-state index contributed by atoms with van der Waals surface area (Å²) in [4.78, 5) is 19.4. The Morgan fingerprint density at radius 3 is 2.52 bits per heavy atom. The quantitative estimate of drug-likeness (QED) is 0.736. The van der Waals surface area contributed by atoms with Crippen molar-refractivity contribution in [3.8, 4) is 5.75 Å². The Bertz CT molecular complexity index is 942. The fraction of sp³-hybridized carbons (Fsp3) is 0.524. The molecular formula is C21H26F3N5O2. The van der Waals surface area contributed by atoms with Gasteiger partial charge in [0.1, 0.15) is 5.75 Å². The van der Waals surface area contributed by atoms with Gasteiger partial charge in [-0.15, -0.1) is 13.2 Å². The van der Waals surface area contributed by atoms with E-state index in [1.54, 1.807) is 16.8 Å². The highest BCUT2D eigenvalue weighted by Gasteiger charge is 2.33. The molecule has 0 aliphatic carbocycles. The summed E-state index contributed by atoms with van der Waals surface area (Å²) >= 11 is 0. The smallest absolute Gasteiger partial charge is 0.406 e. The van der Waals surface area contributed by atoms with Crippen molar-refractivity contribution in [1.82, 2.24) is 24.5 Å². The summed E-state index contributed by atoms with van der Waals surface area (Å²) in [5.74, 6) is -0.260. The van der Waals surface area contributed by atoms with E-state index in [1.807, 2.05) is 11.9 Å². The molecular weight excluding hydrogens is 411 g/mol. The lowest BCUT2D eigenvalue weighted by Gasteiger charge is -2.20. The van der Waals surface area contributed by atoms with Gasteiger partial charge in [0.25, 0.3) is 5.91 Å². The molecule has 0 N–H and O–H groups in total. The first-order valence-corrected chi connectivity index (χ1v) is 10.3. The van der Waals surface area contributed by atoms with Crippen LogP contribution in [0.15, 0.2) is 24.3 Å². The Labute approximate surface area is 179 Å². The van der Waals surface area contributed by atoms with E-state index >= 15 is 0 Å². The first-order valence-electron chi connectivity index (χ1n) is 10.3. The lowest BCUT2D eigenvalue weighted by atomic mass is 10.2. The largest absolute Gasteiger partial charge is 0.573 e. The molecule has 31 heavy (non-hydrogen) atoms. The van der Waals surface area contributed by atoms with Crippen molar-refractivity contribution in [3.05, 3.63) is 46.8 Å². The van der Waals surface area contributed by atoms with Crippen LogP contribution in [-0.4, -0.2) is 70.0 Å². The van der Waals surface area contributed by atoms with Crippen molar-refractivity contribution < 1.29 is 22.7 Å². The molecule has 1 aromatic carbocycles. The molecule has 2 aliphatic rings. The maximum atomic E-state index is 13.2. The molecule has 1 aromatic heterocycles. The zero-order valence-electron chi connectivity index (χ0n) is 17.7. The number of hydrogen-bond acceptors (Lipinski definition) is 5. The molecule has 7 nitrogen and oxygen atoms in total. The van der Waals surface area contributed by atoms with Crippen LogP contribution in [0.2, 0.25) is 0 Å². The molecule has 0 radical (unpaired) electrons. The van der Waals surface area contributed by atoms with Gasteiger partial charge in [0.15, 0.2) is 5.69 Å². The summed E-state index contributed by atoms with van der Waals surface area (Å²) in [7, 11) is 3.91. The van der Waals surface area contributed by atoms with Crippen LogP contribution in [0.1, 0.15) is 33.7 Å². The third-order valence-corrected chi connectivity index (χ3v) is 5.80. The van der Waals surface area contributed by atoms with Crippen molar-refractivity contribution in [2.24, 2.45) is 7.05 Å². The summed E-state index contributed by atoms with van der Waals surface area (Å²) < 4.78 is 42.7. The number of fused-ring (bicyclic) bond motifs is 1. The molecule has 1 saturated heterocycles. The summed E-state index contributed by atoms with van der Waals surface area (Å²) in [6.45, 7) is 5.02. The maximum absolute atomic E-state index is 13.2. The molecule has 1 fully saturated rings. The van der Waals surface area contributed by atoms with Gasteiger partial charge in [-0.05, 0) is 37.7 Å². The number of halogens is 3. The number of alkyl halides is 3. The van der Waals surface area contributed by atoms with E-state index in [0.29, 0.717) is 31.9 Å². The third kappa shape index (κ3) is 5.01. The monoisotopic (exact) mass is 437 g/mol. The number of benzene rings is 1. The molecule has 2 aliphatic heterocycles. The second-order valence-electron chi connectivity index (χ2n) is 8.18. The highest BCUT2D eigenvalue weighted by atomic mass is 19.4. The number of aromatic nitrogens is 2. The van der Waals surface area contributed by atoms with E-state index in [2.05, 4.69) is 26.7 Å². The SMILES string of the molecule is CN1CCCN(C(=O)c2nn(C)c3c2CN(Cc2ccc(OC(F)(F)F)cc2)C3)CC1. The highest BCUT2D eigenvalue weighted by molar-refractivity contribution is 5.94. The molecule has 0 bridgehead atoms. The summed E-state index contributed by atoms with van der Waals surface area (Å²) in [6, 6.07) is 5.89. The fourth-order valence-corrected chi connectivity index (χ4v) is 4.20. The normalized spacial score (nSPS) is 18.2. The first kappa shape index (κ1) is 21.6. The van der Waals surface area contributed by atoms with Crippen LogP contribution in [-0.2, 0) is 26.7 Å². The standard InChI is InChI=1S/C21H26F3N5O2/c1-26-8-3-9-29(11-10-26)20(30)19-17-13-28(14-18(17)27(2)25-19)12-15-4-6-16(7-5-15)31-21(22,23)24/h4-7H,3,8-14H2,1-2H3. The summed E-state index contributed by atoms with van der Waals surface area (Å²) in [6.07, 6.45) is -3.76. The highest BCUT2D eigenvalue weighted by Crippen LogP contribution is 2.29. The van der Waals surface area contributed by atoms with Gasteiger partial charge >= 0.3 is 6.36 Å². The van der Waals surface area contributed by atoms with Gasteiger partial charge in [-0.3, -0.25) is 14.4 Å². The van der Waals surface area contributed by atoms with Gasteiger partial charge in [-0.1, -0.05) is 12.1 Å². The van der Waals surface area contributed by atoms with Crippen LogP contribution in [0.4, 0.5) is 13.2 Å². The molecule has 2 aromatic rings. The van der Waals surface area contributed by atoms with Gasteiger partial charge in [0, 0.05) is 51.9 Å². The van der Waals surface area contributed by atoms with Crippen LogP contribution in [0.3, 0.4) is 0 Å². The topological polar surface area (TPSA) is 53.8 Å². The van der Waals surface area contributed by atoms with Crippen LogP contribution >= 0.6 is 0 Å². The first-order chi connectivity index (χ1) is 14.7. The van der Waals surface area contributed by atoms with Gasteiger partial charge in [0.2, 0.25) is 0 Å². The minimum atomic E-state index is -4.70. The molecule has 0 spiro atoms. The second-order valence-corrected chi connectivity index (χ2v) is 8.18. The van der Waals surface area contributed by atoms with Crippen LogP contribution in [0.5, 0.6) is 5.75 Å². The van der Waals surface area contributed by atoms with E-state index < -0.39 is 6.36 Å². The number of likely N-dealkylation sites (N-methyl/N-ethyl adjacent to an activating group) is 1. The Morgan fingerprint density at radius 2 is 1.81 bits per heavy atom. The average molecular weight is 437 g/mol. The number of carbonyl (C=O) groups excluding carboxylic acids is 1. The van der Waals surface area contributed by atoms with E-state index in [9.17, 15) is 18.0 Å². The van der Waals surface area contributed by atoms with E-state index in [-0.39, 0.29) is 11.7 Å². The maximum Gasteiger partial charge on any atom is 0.573 e. The van der Waals surface area contributed by atoms with Crippen molar-refractivity contribution in [2.75, 3.05) is 33.2 Å². The van der Waals surface area contributed by atoms with Gasteiger partial charge in [-0.2, -0.15) is 5.10 Å². The lowest BCUT2D eigenvalue weighted by Crippen LogP contribution is -2.35. The zero-order valence-corrected chi connectivity index (χ0v) is 17.7.